The minimum atomic E-state index is -3.93. The third kappa shape index (κ3) is 8.80. The first kappa shape index (κ1) is 30.1. The number of carbonyl (C=O) groups is 2. The molecule has 208 valence electrons. The fraction of sp³-hybridized carbons (Fsp3) is 0.310. The molecule has 0 radical (unpaired) electrons. The molecule has 0 aliphatic rings. The van der Waals surface area contributed by atoms with Crippen molar-refractivity contribution in [1.82, 2.24) is 10.2 Å². The summed E-state index contributed by atoms with van der Waals surface area (Å²) in [6.45, 7) is 3.26. The van der Waals surface area contributed by atoms with Crippen LogP contribution >= 0.6 is 11.6 Å². The second-order valence-electron chi connectivity index (χ2n) is 9.42. The van der Waals surface area contributed by atoms with Crippen molar-refractivity contribution in [2.24, 2.45) is 0 Å². The Labute approximate surface area is 234 Å². The van der Waals surface area contributed by atoms with Crippen LogP contribution in [0, 0.1) is 5.82 Å². The number of hydrogen-bond donors (Lipinski definition) is 1. The van der Waals surface area contributed by atoms with E-state index in [-0.39, 0.29) is 30.6 Å². The second kappa shape index (κ2) is 13.6. The minimum absolute atomic E-state index is 0.0197. The van der Waals surface area contributed by atoms with Crippen molar-refractivity contribution in [3.63, 3.8) is 0 Å². The number of nitrogens with one attached hydrogen (secondary N) is 1. The lowest BCUT2D eigenvalue weighted by Gasteiger charge is -2.34. The first-order valence-electron chi connectivity index (χ1n) is 12.6. The zero-order valence-electron chi connectivity index (χ0n) is 22.2. The van der Waals surface area contributed by atoms with Gasteiger partial charge in [0, 0.05) is 24.0 Å². The van der Waals surface area contributed by atoms with E-state index in [2.05, 4.69) is 5.32 Å². The van der Waals surface area contributed by atoms with Gasteiger partial charge in [0.25, 0.3) is 0 Å². The molecule has 39 heavy (non-hydrogen) atoms. The summed E-state index contributed by atoms with van der Waals surface area (Å²) in [5.41, 5.74) is 1.65. The van der Waals surface area contributed by atoms with E-state index >= 15 is 0 Å². The molecule has 7 nitrogen and oxygen atoms in total. The van der Waals surface area contributed by atoms with E-state index in [0.717, 1.165) is 28.3 Å². The van der Waals surface area contributed by atoms with Crippen LogP contribution in [0.2, 0.25) is 5.02 Å². The number of sulfonamides is 1. The number of nitrogens with zero attached hydrogens (tertiary/aromatic N) is 2. The quantitative estimate of drug-likeness (QED) is 0.337. The molecule has 0 bridgehead atoms. The van der Waals surface area contributed by atoms with E-state index in [0.29, 0.717) is 17.0 Å². The van der Waals surface area contributed by atoms with Crippen LogP contribution in [-0.4, -0.2) is 50.0 Å². The number of hydrogen-bond acceptors (Lipinski definition) is 4. The molecular formula is C29H33ClFN3O4S. The molecule has 10 heteroatoms. The normalized spacial score (nSPS) is 12.8. The smallest absolute Gasteiger partial charge is 0.244 e. The van der Waals surface area contributed by atoms with Crippen molar-refractivity contribution < 1.29 is 22.4 Å². The van der Waals surface area contributed by atoms with Crippen LogP contribution in [0.3, 0.4) is 0 Å². The van der Waals surface area contributed by atoms with Gasteiger partial charge in [0.15, 0.2) is 0 Å². The van der Waals surface area contributed by atoms with Crippen LogP contribution in [0.25, 0.3) is 0 Å². The van der Waals surface area contributed by atoms with Crippen LogP contribution in [0.5, 0.6) is 0 Å². The molecule has 3 rings (SSSR count). The largest absolute Gasteiger partial charge is 0.352 e. The summed E-state index contributed by atoms with van der Waals surface area (Å²) in [6, 6.07) is 20.0. The number of benzene rings is 3. The van der Waals surface area contributed by atoms with Crippen LogP contribution in [0.1, 0.15) is 31.4 Å². The molecule has 0 spiro atoms. The van der Waals surface area contributed by atoms with E-state index < -0.39 is 34.3 Å². The van der Waals surface area contributed by atoms with E-state index in [4.69, 9.17) is 11.6 Å². The van der Waals surface area contributed by atoms with Gasteiger partial charge in [0.2, 0.25) is 21.8 Å². The molecule has 2 amide bonds. The molecule has 2 atom stereocenters. The summed E-state index contributed by atoms with van der Waals surface area (Å²) in [4.78, 5) is 28.9. The molecule has 0 fully saturated rings. The van der Waals surface area contributed by atoms with E-state index in [1.165, 1.54) is 17.0 Å². The van der Waals surface area contributed by atoms with Crippen LogP contribution in [-0.2, 0) is 32.6 Å². The molecule has 0 aliphatic heterocycles. The maximum Gasteiger partial charge on any atom is 0.244 e. The summed E-state index contributed by atoms with van der Waals surface area (Å²) in [5, 5.41) is 3.44. The number of rotatable bonds is 12. The maximum absolute atomic E-state index is 14.0. The third-order valence-corrected chi connectivity index (χ3v) is 7.68. The van der Waals surface area contributed by atoms with Gasteiger partial charge in [0.05, 0.1) is 11.9 Å². The highest BCUT2D eigenvalue weighted by atomic mass is 35.5. The lowest BCUT2D eigenvalue weighted by Crippen LogP contribution is -2.54. The number of amides is 2. The standard InChI is InChI=1S/C29H33ClFN3O4S/c1-4-21(2)32-29(36)27(18-22-9-6-5-7-10-22)33(19-23-11-8-12-24(30)17-23)28(35)20-34(39(3,37)38)26-15-13-25(31)14-16-26/h5-17,21,27H,4,18-20H2,1-3H3,(H,32,36)/t21-,27-/m0/s1. The maximum atomic E-state index is 14.0. The average molecular weight is 574 g/mol. The Morgan fingerprint density at radius 3 is 2.21 bits per heavy atom. The summed E-state index contributed by atoms with van der Waals surface area (Å²) in [5.74, 6) is -1.48. The Kier molecular flexibility index (Phi) is 10.5. The van der Waals surface area contributed by atoms with Crippen LogP contribution in [0.15, 0.2) is 78.9 Å². The van der Waals surface area contributed by atoms with Gasteiger partial charge in [-0.1, -0.05) is 61.0 Å². The number of halogens is 2. The molecule has 3 aromatic rings. The summed E-state index contributed by atoms with van der Waals surface area (Å²) < 4.78 is 39.9. The Bertz CT molecular complexity index is 1370. The van der Waals surface area contributed by atoms with Crippen molar-refractivity contribution in [3.8, 4) is 0 Å². The molecule has 0 saturated carbocycles. The molecule has 0 aromatic heterocycles. The predicted octanol–water partition coefficient (Wildman–Crippen LogP) is 4.80. The highest BCUT2D eigenvalue weighted by Crippen LogP contribution is 2.21. The first-order chi connectivity index (χ1) is 18.5. The van der Waals surface area contributed by atoms with E-state index in [9.17, 15) is 22.4 Å². The average Bonchev–Trinajstić information content (AvgIpc) is 2.89. The van der Waals surface area contributed by atoms with Crippen molar-refractivity contribution in [3.05, 3.63) is 101 Å². The lowest BCUT2D eigenvalue weighted by atomic mass is 10.0. The summed E-state index contributed by atoms with van der Waals surface area (Å²) in [7, 11) is -3.93. The Morgan fingerprint density at radius 2 is 1.62 bits per heavy atom. The number of carbonyl (C=O) groups excluding carboxylic acids is 2. The molecule has 1 N–H and O–H groups in total. The fourth-order valence-electron chi connectivity index (χ4n) is 4.05. The Balaban J connectivity index is 2.05. The molecule has 0 heterocycles. The SMILES string of the molecule is CC[C@H](C)NC(=O)[C@H](Cc1ccccc1)N(Cc1cccc(Cl)c1)C(=O)CN(c1ccc(F)cc1)S(C)(=O)=O. The molecular weight excluding hydrogens is 541 g/mol. The molecule has 0 unspecified atom stereocenters. The molecule has 0 aliphatic carbocycles. The molecule has 3 aromatic carbocycles. The Hall–Kier alpha value is -3.43. The highest BCUT2D eigenvalue weighted by Gasteiger charge is 2.33. The fourth-order valence-corrected chi connectivity index (χ4v) is 5.11. The van der Waals surface area contributed by atoms with Gasteiger partial charge in [-0.2, -0.15) is 0 Å². The van der Waals surface area contributed by atoms with Gasteiger partial charge >= 0.3 is 0 Å². The van der Waals surface area contributed by atoms with Crippen molar-refractivity contribution in [2.45, 2.75) is 45.3 Å². The second-order valence-corrected chi connectivity index (χ2v) is 11.8. The van der Waals surface area contributed by atoms with Gasteiger partial charge in [-0.25, -0.2) is 12.8 Å². The lowest BCUT2D eigenvalue weighted by molar-refractivity contribution is -0.140. The number of anilines is 1. The van der Waals surface area contributed by atoms with Gasteiger partial charge in [-0.3, -0.25) is 13.9 Å². The third-order valence-electron chi connectivity index (χ3n) is 6.31. The monoisotopic (exact) mass is 573 g/mol. The van der Waals surface area contributed by atoms with Gasteiger partial charge in [-0.15, -0.1) is 0 Å². The summed E-state index contributed by atoms with van der Waals surface area (Å²) in [6.07, 6.45) is 1.88. The van der Waals surface area contributed by atoms with Gasteiger partial charge < -0.3 is 10.2 Å². The zero-order chi connectivity index (χ0) is 28.6. The zero-order valence-corrected chi connectivity index (χ0v) is 23.8. The van der Waals surface area contributed by atoms with E-state index in [1.807, 2.05) is 44.2 Å². The minimum Gasteiger partial charge on any atom is -0.352 e. The highest BCUT2D eigenvalue weighted by molar-refractivity contribution is 7.92. The van der Waals surface area contributed by atoms with E-state index in [1.54, 1.807) is 24.3 Å². The topological polar surface area (TPSA) is 86.8 Å². The van der Waals surface area contributed by atoms with Crippen LogP contribution < -0.4 is 9.62 Å². The first-order valence-corrected chi connectivity index (χ1v) is 14.8. The van der Waals surface area contributed by atoms with Crippen molar-refractivity contribution in [1.29, 1.82) is 0 Å². The predicted molar refractivity (Wildman–Crippen MR) is 152 cm³/mol. The van der Waals surface area contributed by atoms with Crippen LogP contribution in [0.4, 0.5) is 10.1 Å². The molecule has 0 saturated heterocycles. The summed E-state index contributed by atoms with van der Waals surface area (Å²) >= 11 is 6.20. The van der Waals surface area contributed by atoms with Gasteiger partial charge in [0.1, 0.15) is 18.4 Å². The van der Waals surface area contributed by atoms with Crippen molar-refractivity contribution >= 4 is 39.1 Å². The van der Waals surface area contributed by atoms with Crippen molar-refractivity contribution in [2.75, 3.05) is 17.1 Å². The Morgan fingerprint density at radius 1 is 0.974 bits per heavy atom. The van der Waals surface area contributed by atoms with Gasteiger partial charge in [-0.05, 0) is 60.9 Å².